The van der Waals surface area contributed by atoms with E-state index in [1.165, 1.54) is 6.26 Å². The van der Waals surface area contributed by atoms with Gasteiger partial charge in [0.25, 0.3) is 0 Å². The normalized spacial score (nSPS) is 12.1. The van der Waals surface area contributed by atoms with E-state index >= 15 is 0 Å². The number of rotatable bonds is 4. The summed E-state index contributed by atoms with van der Waals surface area (Å²) >= 11 is 0. The van der Waals surface area contributed by atoms with Crippen LogP contribution < -0.4 is 16.8 Å². The van der Waals surface area contributed by atoms with Crippen molar-refractivity contribution in [2.45, 2.75) is 6.04 Å². The van der Waals surface area contributed by atoms with Gasteiger partial charge in [0.05, 0.1) is 12.8 Å². The van der Waals surface area contributed by atoms with E-state index in [2.05, 4.69) is 5.32 Å². The fourth-order valence-electron chi connectivity index (χ4n) is 0.882. The summed E-state index contributed by atoms with van der Waals surface area (Å²) in [7, 11) is 0. The molecule has 0 fully saturated rings. The van der Waals surface area contributed by atoms with Gasteiger partial charge in [-0.3, -0.25) is 9.59 Å². The molecule has 6 heteroatoms. The van der Waals surface area contributed by atoms with E-state index in [9.17, 15) is 9.59 Å². The molecule has 0 spiro atoms. The van der Waals surface area contributed by atoms with Crippen molar-refractivity contribution in [1.82, 2.24) is 5.32 Å². The van der Waals surface area contributed by atoms with Crippen LogP contribution in [0.4, 0.5) is 0 Å². The summed E-state index contributed by atoms with van der Waals surface area (Å²) in [5.41, 5.74) is 10.4. The van der Waals surface area contributed by atoms with Crippen molar-refractivity contribution in [3.63, 3.8) is 0 Å². The zero-order chi connectivity index (χ0) is 10.6. The number of carbonyl (C=O) groups excluding carboxylic acids is 2. The Morgan fingerprint density at radius 2 is 2.29 bits per heavy atom. The Balaban J connectivity index is 2.49. The summed E-state index contributed by atoms with van der Waals surface area (Å²) in [6.07, 6.45) is 1.41. The molecule has 14 heavy (non-hydrogen) atoms. The first kappa shape index (κ1) is 10.3. The van der Waals surface area contributed by atoms with E-state index in [1.54, 1.807) is 12.1 Å². The molecule has 0 aliphatic rings. The Bertz CT molecular complexity index is 321. The molecule has 2 amide bonds. The van der Waals surface area contributed by atoms with Crippen molar-refractivity contribution in [1.29, 1.82) is 0 Å². The van der Waals surface area contributed by atoms with E-state index in [1.807, 2.05) is 0 Å². The van der Waals surface area contributed by atoms with Crippen molar-refractivity contribution in [2.75, 3.05) is 6.54 Å². The van der Waals surface area contributed by atoms with Gasteiger partial charge in [-0.2, -0.15) is 0 Å². The second kappa shape index (κ2) is 4.43. The van der Waals surface area contributed by atoms with Gasteiger partial charge in [-0.15, -0.1) is 0 Å². The second-order valence-electron chi connectivity index (χ2n) is 2.68. The molecule has 0 aromatic carbocycles. The Labute approximate surface area is 80.2 Å². The number of hydrogen-bond acceptors (Lipinski definition) is 4. The van der Waals surface area contributed by atoms with Crippen LogP contribution in [0.5, 0.6) is 0 Å². The van der Waals surface area contributed by atoms with Gasteiger partial charge >= 0.3 is 0 Å². The lowest BCUT2D eigenvalue weighted by molar-refractivity contribution is -0.126. The maximum atomic E-state index is 11.2. The van der Waals surface area contributed by atoms with Crippen molar-refractivity contribution in [3.8, 4) is 0 Å². The SMILES string of the molecule is NC(=O)CNC(=O)C(N)c1ccco1. The summed E-state index contributed by atoms with van der Waals surface area (Å²) in [5.74, 6) is -0.782. The quantitative estimate of drug-likeness (QED) is 0.567. The third kappa shape index (κ3) is 2.60. The van der Waals surface area contributed by atoms with Gasteiger partial charge in [-0.1, -0.05) is 0 Å². The fraction of sp³-hybridized carbons (Fsp3) is 0.250. The van der Waals surface area contributed by atoms with Gasteiger partial charge in [0.1, 0.15) is 11.8 Å². The fourth-order valence-corrected chi connectivity index (χ4v) is 0.882. The maximum absolute atomic E-state index is 11.2. The first-order chi connectivity index (χ1) is 6.61. The number of amides is 2. The van der Waals surface area contributed by atoms with Gasteiger partial charge in [-0.25, -0.2) is 0 Å². The molecule has 1 unspecified atom stereocenters. The van der Waals surface area contributed by atoms with Crippen LogP contribution in [0, 0.1) is 0 Å². The largest absolute Gasteiger partial charge is 0.467 e. The van der Waals surface area contributed by atoms with E-state index in [0.29, 0.717) is 5.76 Å². The molecule has 0 aliphatic carbocycles. The van der Waals surface area contributed by atoms with E-state index in [-0.39, 0.29) is 6.54 Å². The molecule has 0 saturated heterocycles. The average molecular weight is 197 g/mol. The highest BCUT2D eigenvalue weighted by molar-refractivity contribution is 5.86. The molecule has 1 aromatic heterocycles. The lowest BCUT2D eigenvalue weighted by atomic mass is 10.2. The minimum absolute atomic E-state index is 0.229. The van der Waals surface area contributed by atoms with E-state index in [0.717, 1.165) is 0 Å². The molecule has 1 atom stereocenters. The molecule has 6 nitrogen and oxygen atoms in total. The highest BCUT2D eigenvalue weighted by Crippen LogP contribution is 2.09. The van der Waals surface area contributed by atoms with Gasteiger partial charge in [0.15, 0.2) is 0 Å². The summed E-state index contributed by atoms with van der Waals surface area (Å²) < 4.78 is 4.92. The molecule has 5 N–H and O–H groups in total. The Morgan fingerprint density at radius 3 is 2.79 bits per heavy atom. The van der Waals surface area contributed by atoms with Crippen molar-refractivity contribution < 1.29 is 14.0 Å². The zero-order valence-corrected chi connectivity index (χ0v) is 7.40. The van der Waals surface area contributed by atoms with Crippen molar-refractivity contribution in [2.24, 2.45) is 11.5 Å². The van der Waals surface area contributed by atoms with E-state index in [4.69, 9.17) is 15.9 Å². The minimum Gasteiger partial charge on any atom is -0.467 e. The minimum atomic E-state index is -0.913. The lowest BCUT2D eigenvalue weighted by Gasteiger charge is -2.07. The summed E-state index contributed by atoms with van der Waals surface area (Å²) in [6.45, 7) is -0.229. The Hall–Kier alpha value is -1.82. The Kier molecular flexibility index (Phi) is 3.24. The van der Waals surface area contributed by atoms with Crippen LogP contribution in [0.3, 0.4) is 0 Å². The van der Waals surface area contributed by atoms with Crippen LogP contribution in [-0.4, -0.2) is 18.4 Å². The van der Waals surface area contributed by atoms with Gasteiger partial charge in [0.2, 0.25) is 11.8 Å². The average Bonchev–Trinajstić information content (AvgIpc) is 2.65. The molecular formula is C8H11N3O3. The van der Waals surface area contributed by atoms with Crippen molar-refractivity contribution >= 4 is 11.8 Å². The summed E-state index contributed by atoms with van der Waals surface area (Å²) in [5, 5.41) is 2.27. The highest BCUT2D eigenvalue weighted by Gasteiger charge is 2.17. The van der Waals surface area contributed by atoms with Crippen LogP contribution >= 0.6 is 0 Å². The third-order valence-electron chi connectivity index (χ3n) is 1.57. The molecule has 1 rings (SSSR count). The monoisotopic (exact) mass is 197 g/mol. The number of nitrogens with two attached hydrogens (primary N) is 2. The molecule has 1 aromatic rings. The molecule has 1 heterocycles. The summed E-state index contributed by atoms with van der Waals surface area (Å²) in [4.78, 5) is 21.6. The van der Waals surface area contributed by atoms with Gasteiger partial charge in [0, 0.05) is 0 Å². The number of carbonyl (C=O) groups is 2. The molecular weight excluding hydrogens is 186 g/mol. The standard InChI is InChI=1S/C8H11N3O3/c9-6(12)4-11-8(13)7(10)5-2-1-3-14-5/h1-3,7H,4,10H2,(H2,9,12)(H,11,13). The van der Waals surface area contributed by atoms with E-state index < -0.39 is 17.9 Å². The summed E-state index contributed by atoms with van der Waals surface area (Å²) in [6, 6.07) is 2.29. The van der Waals surface area contributed by atoms with Crippen LogP contribution in [0.2, 0.25) is 0 Å². The van der Waals surface area contributed by atoms with Crippen LogP contribution in [0.1, 0.15) is 11.8 Å². The van der Waals surface area contributed by atoms with Gasteiger partial charge in [-0.05, 0) is 12.1 Å². The lowest BCUT2D eigenvalue weighted by Crippen LogP contribution is -2.39. The third-order valence-corrected chi connectivity index (χ3v) is 1.57. The highest BCUT2D eigenvalue weighted by atomic mass is 16.3. The smallest absolute Gasteiger partial charge is 0.245 e. The number of hydrogen-bond donors (Lipinski definition) is 3. The number of furan rings is 1. The number of primary amides is 1. The molecule has 76 valence electrons. The topological polar surface area (TPSA) is 111 Å². The van der Waals surface area contributed by atoms with Crippen LogP contribution in [0.25, 0.3) is 0 Å². The van der Waals surface area contributed by atoms with Gasteiger partial charge < -0.3 is 21.2 Å². The zero-order valence-electron chi connectivity index (χ0n) is 7.40. The Morgan fingerprint density at radius 1 is 1.57 bits per heavy atom. The predicted octanol–water partition coefficient (Wildman–Crippen LogP) is -1.12. The predicted molar refractivity (Wildman–Crippen MR) is 47.8 cm³/mol. The second-order valence-corrected chi connectivity index (χ2v) is 2.68. The molecule has 0 radical (unpaired) electrons. The molecule has 0 bridgehead atoms. The molecule has 0 aliphatic heterocycles. The number of nitrogens with one attached hydrogen (secondary N) is 1. The van der Waals surface area contributed by atoms with Crippen LogP contribution in [-0.2, 0) is 9.59 Å². The first-order valence-corrected chi connectivity index (χ1v) is 3.96. The van der Waals surface area contributed by atoms with Crippen LogP contribution in [0.15, 0.2) is 22.8 Å². The van der Waals surface area contributed by atoms with Crippen molar-refractivity contribution in [3.05, 3.63) is 24.2 Å². The first-order valence-electron chi connectivity index (χ1n) is 3.96. The maximum Gasteiger partial charge on any atom is 0.245 e. The molecule has 0 saturated carbocycles.